The number of fused-ring (bicyclic) bond motifs is 1. The Labute approximate surface area is 153 Å². The van der Waals surface area contributed by atoms with Crippen LogP contribution in [0.3, 0.4) is 0 Å². The van der Waals surface area contributed by atoms with Crippen molar-refractivity contribution in [1.29, 1.82) is 21.2 Å². The van der Waals surface area contributed by atoms with E-state index in [2.05, 4.69) is 18.2 Å². The second-order valence-corrected chi connectivity index (χ2v) is 6.87. The highest BCUT2D eigenvalue weighted by molar-refractivity contribution is 6.04. The third-order valence-electron chi connectivity index (χ3n) is 5.65. The summed E-state index contributed by atoms with van der Waals surface area (Å²) >= 11 is 0. The molecule has 1 saturated carbocycles. The molecule has 1 aromatic rings. The molecule has 3 atom stereocenters. The number of methoxy groups -OCH3 is 1. The molecule has 0 heterocycles. The van der Waals surface area contributed by atoms with Crippen LogP contribution in [0.4, 0.5) is 0 Å². The zero-order valence-corrected chi connectivity index (χ0v) is 14.7. The van der Waals surface area contributed by atoms with Crippen LogP contribution in [0.2, 0.25) is 0 Å². The summed E-state index contributed by atoms with van der Waals surface area (Å²) in [5.74, 6) is -0.885. The second-order valence-electron chi connectivity index (χ2n) is 6.87. The van der Waals surface area contributed by atoms with Crippen LogP contribution < -0.4 is 4.74 Å². The molecule has 0 bridgehead atoms. The van der Waals surface area contributed by atoms with Gasteiger partial charge in [-0.1, -0.05) is 24.6 Å². The van der Waals surface area contributed by atoms with Crippen molar-refractivity contribution in [3.63, 3.8) is 0 Å². The number of rotatable bonds is 2. The van der Waals surface area contributed by atoms with Gasteiger partial charge < -0.3 is 10.1 Å². The van der Waals surface area contributed by atoms with Gasteiger partial charge in [0.05, 0.1) is 31.0 Å². The average Bonchev–Trinajstić information content (AvgIpc) is 2.94. The fraction of sp³-hybridized carbons (Fsp3) is 0.429. The van der Waals surface area contributed by atoms with Gasteiger partial charge in [-0.3, -0.25) is 0 Å². The Bertz CT molecular complexity index is 849. The maximum Gasteiger partial charge on any atom is 0.172 e. The first kappa shape index (κ1) is 17.7. The molecule has 130 valence electrons. The van der Waals surface area contributed by atoms with Gasteiger partial charge in [-0.2, -0.15) is 15.8 Å². The molecular formula is C21H20N4O. The van der Waals surface area contributed by atoms with E-state index in [4.69, 9.17) is 10.1 Å². The number of nitrogens with one attached hydrogen (secondary N) is 1. The molecule has 1 N–H and O–H groups in total. The summed E-state index contributed by atoms with van der Waals surface area (Å²) in [6, 6.07) is 13.8. The molecule has 26 heavy (non-hydrogen) atoms. The van der Waals surface area contributed by atoms with Crippen molar-refractivity contribution in [2.24, 2.45) is 17.3 Å². The highest BCUT2D eigenvalue weighted by atomic mass is 16.5. The van der Waals surface area contributed by atoms with E-state index in [1.165, 1.54) is 0 Å². The van der Waals surface area contributed by atoms with Crippen LogP contribution in [0.15, 0.2) is 35.9 Å². The molecule has 0 aliphatic heterocycles. The van der Waals surface area contributed by atoms with Crippen molar-refractivity contribution in [2.75, 3.05) is 7.11 Å². The van der Waals surface area contributed by atoms with Gasteiger partial charge in [0.2, 0.25) is 0 Å². The van der Waals surface area contributed by atoms with E-state index in [1.54, 1.807) is 7.11 Å². The molecule has 0 saturated heterocycles. The normalized spacial score (nSPS) is 26.9. The summed E-state index contributed by atoms with van der Waals surface area (Å²) < 4.78 is 5.22. The highest BCUT2D eigenvalue weighted by Gasteiger charge is 2.57. The number of nitrogens with zero attached hydrogens (tertiary/aromatic N) is 3. The van der Waals surface area contributed by atoms with Gasteiger partial charge >= 0.3 is 0 Å². The lowest BCUT2D eigenvalue weighted by Crippen LogP contribution is -2.47. The number of hydrogen-bond donors (Lipinski definition) is 1. The van der Waals surface area contributed by atoms with Gasteiger partial charge in [0, 0.05) is 5.92 Å². The van der Waals surface area contributed by atoms with Crippen LogP contribution in [0.25, 0.3) is 0 Å². The van der Waals surface area contributed by atoms with Crippen LogP contribution in [0, 0.1) is 56.7 Å². The molecule has 3 rings (SSSR count). The Hall–Kier alpha value is -3.10. The molecule has 0 radical (unpaired) electrons. The van der Waals surface area contributed by atoms with Gasteiger partial charge in [0.15, 0.2) is 5.41 Å². The third-order valence-corrected chi connectivity index (χ3v) is 5.65. The number of ether oxygens (including phenoxy) is 1. The van der Waals surface area contributed by atoms with E-state index in [9.17, 15) is 15.8 Å². The van der Waals surface area contributed by atoms with Crippen LogP contribution in [-0.4, -0.2) is 12.8 Å². The van der Waals surface area contributed by atoms with Crippen molar-refractivity contribution in [3.05, 3.63) is 41.5 Å². The maximum atomic E-state index is 9.99. The van der Waals surface area contributed by atoms with Gasteiger partial charge in [-0.25, -0.2) is 0 Å². The summed E-state index contributed by atoms with van der Waals surface area (Å²) in [6.45, 7) is 0. The van der Waals surface area contributed by atoms with E-state index in [0.717, 1.165) is 36.8 Å². The molecule has 1 fully saturated rings. The van der Waals surface area contributed by atoms with Crippen molar-refractivity contribution in [1.82, 2.24) is 0 Å². The Balaban J connectivity index is 2.23. The molecule has 1 unspecified atom stereocenters. The van der Waals surface area contributed by atoms with Crippen LogP contribution in [-0.2, 0) is 0 Å². The van der Waals surface area contributed by atoms with Crippen molar-refractivity contribution < 1.29 is 4.74 Å². The number of nitriles is 3. The Morgan fingerprint density at radius 1 is 1.12 bits per heavy atom. The predicted octanol–water partition coefficient (Wildman–Crippen LogP) is 4.10. The molecule has 2 aliphatic rings. The van der Waals surface area contributed by atoms with Crippen molar-refractivity contribution in [3.8, 4) is 24.0 Å². The SMILES string of the molecule is COc1ccc([C@H]2[C@@H]3CCCCC=C3C(=N)C(C#N)C2(C#N)C#N)cc1. The second kappa shape index (κ2) is 7.03. The van der Waals surface area contributed by atoms with E-state index in [0.29, 0.717) is 5.75 Å². The number of hydrogen-bond acceptors (Lipinski definition) is 5. The third kappa shape index (κ3) is 2.56. The molecule has 5 heteroatoms. The topological polar surface area (TPSA) is 104 Å². The largest absolute Gasteiger partial charge is 0.497 e. The minimum atomic E-state index is -1.56. The lowest BCUT2D eigenvalue weighted by Gasteiger charge is -2.44. The first-order valence-electron chi connectivity index (χ1n) is 8.78. The van der Waals surface area contributed by atoms with Crippen LogP contribution >= 0.6 is 0 Å². The summed E-state index contributed by atoms with van der Waals surface area (Å²) in [4.78, 5) is 0. The summed E-state index contributed by atoms with van der Waals surface area (Å²) in [5, 5.41) is 38.2. The first-order valence-corrected chi connectivity index (χ1v) is 8.78. The molecule has 5 nitrogen and oxygen atoms in total. The first-order chi connectivity index (χ1) is 12.6. The molecule has 1 aromatic carbocycles. The minimum Gasteiger partial charge on any atom is -0.497 e. The quantitative estimate of drug-likeness (QED) is 0.871. The van der Waals surface area contributed by atoms with Crippen LogP contribution in [0.5, 0.6) is 5.75 Å². The van der Waals surface area contributed by atoms with Crippen LogP contribution in [0.1, 0.15) is 37.2 Å². The highest BCUT2D eigenvalue weighted by Crippen LogP contribution is 2.55. The lowest BCUT2D eigenvalue weighted by molar-refractivity contribution is 0.269. The van der Waals surface area contributed by atoms with E-state index in [1.807, 2.05) is 30.3 Å². The number of allylic oxidation sites excluding steroid dienone is 2. The molecule has 0 aromatic heterocycles. The van der Waals surface area contributed by atoms with Gasteiger partial charge in [0.1, 0.15) is 11.7 Å². The van der Waals surface area contributed by atoms with Gasteiger partial charge in [-0.05, 0) is 48.4 Å². The zero-order valence-electron chi connectivity index (χ0n) is 14.7. The van der Waals surface area contributed by atoms with Crippen molar-refractivity contribution in [2.45, 2.75) is 31.6 Å². The van der Waals surface area contributed by atoms with E-state index in [-0.39, 0.29) is 11.6 Å². The Morgan fingerprint density at radius 2 is 1.81 bits per heavy atom. The summed E-state index contributed by atoms with van der Waals surface area (Å²) in [7, 11) is 1.59. The fourth-order valence-corrected chi connectivity index (χ4v) is 4.39. The summed E-state index contributed by atoms with van der Waals surface area (Å²) in [6.07, 6.45) is 5.72. The molecule has 2 aliphatic carbocycles. The average molecular weight is 344 g/mol. The smallest absolute Gasteiger partial charge is 0.172 e. The standard InChI is InChI=1S/C21H20N4O/c1-26-15-9-7-14(8-10-15)19-16-5-3-2-4-6-17(16)20(25)18(11-22)21(19,12-23)13-24/h6-10,16,18-19,25H,2-5H2,1H3/t16-,18?,19+/m1/s1. The maximum absolute atomic E-state index is 9.99. The monoisotopic (exact) mass is 344 g/mol. The molecule has 0 amide bonds. The van der Waals surface area contributed by atoms with Gasteiger partial charge in [-0.15, -0.1) is 0 Å². The minimum absolute atomic E-state index is 0.0951. The Morgan fingerprint density at radius 3 is 2.38 bits per heavy atom. The van der Waals surface area contributed by atoms with Crippen molar-refractivity contribution >= 4 is 5.71 Å². The summed E-state index contributed by atoms with van der Waals surface area (Å²) in [5.41, 5.74) is 0.273. The van der Waals surface area contributed by atoms with E-state index >= 15 is 0 Å². The molecule has 0 spiro atoms. The lowest BCUT2D eigenvalue weighted by atomic mass is 9.53. The Kier molecular flexibility index (Phi) is 4.79. The predicted molar refractivity (Wildman–Crippen MR) is 96.3 cm³/mol. The number of benzene rings is 1. The van der Waals surface area contributed by atoms with E-state index < -0.39 is 17.3 Å². The zero-order chi connectivity index (χ0) is 18.7. The molecular weight excluding hydrogens is 324 g/mol. The fourth-order valence-electron chi connectivity index (χ4n) is 4.39. The van der Waals surface area contributed by atoms with Gasteiger partial charge in [0.25, 0.3) is 0 Å².